The smallest absolute Gasteiger partial charge is 0.189 e. The molecule has 0 aliphatic carbocycles. The van der Waals surface area contributed by atoms with Crippen LogP contribution < -0.4 is 10.5 Å². The molecule has 0 aliphatic rings. The molecule has 0 fully saturated rings. The average molecular weight is 281 g/mol. The Morgan fingerprint density at radius 1 is 1.14 bits per heavy atom. The number of nitrogens with two attached hydrogens (primary N) is 1. The van der Waals surface area contributed by atoms with E-state index in [0.717, 1.165) is 22.6 Å². The highest BCUT2D eigenvalue weighted by Crippen LogP contribution is 2.27. The van der Waals surface area contributed by atoms with E-state index < -0.39 is 0 Å². The van der Waals surface area contributed by atoms with Crippen LogP contribution in [0.3, 0.4) is 0 Å². The highest BCUT2D eigenvalue weighted by Gasteiger charge is 2.14. The predicted molar refractivity (Wildman–Crippen MR) is 80.3 cm³/mol. The van der Waals surface area contributed by atoms with E-state index in [2.05, 4.69) is 15.5 Å². The molecular formula is C15H15N5O. The number of benzene rings is 2. The molecule has 21 heavy (non-hydrogen) atoms. The van der Waals surface area contributed by atoms with Crippen molar-refractivity contribution >= 4 is 5.69 Å². The average Bonchev–Trinajstić information content (AvgIpc) is 2.99. The summed E-state index contributed by atoms with van der Waals surface area (Å²) in [7, 11) is 1.62. The fourth-order valence-corrected chi connectivity index (χ4v) is 2.13. The fraction of sp³-hybridized carbons (Fsp3) is 0.133. The first kappa shape index (κ1) is 13.1. The zero-order valence-corrected chi connectivity index (χ0v) is 11.8. The molecule has 0 saturated carbocycles. The van der Waals surface area contributed by atoms with Gasteiger partial charge in [-0.15, -0.1) is 5.10 Å². The van der Waals surface area contributed by atoms with E-state index in [9.17, 15) is 0 Å². The van der Waals surface area contributed by atoms with Crippen LogP contribution in [0, 0.1) is 6.92 Å². The Kier molecular flexibility index (Phi) is 3.27. The highest BCUT2D eigenvalue weighted by molar-refractivity contribution is 5.73. The number of nitrogen functional groups attached to an aromatic ring is 1. The van der Waals surface area contributed by atoms with Gasteiger partial charge in [0.2, 0.25) is 0 Å². The molecule has 3 rings (SSSR count). The Bertz CT molecular complexity index is 781. The van der Waals surface area contributed by atoms with Crippen molar-refractivity contribution in [2.24, 2.45) is 0 Å². The number of ether oxygens (including phenoxy) is 1. The summed E-state index contributed by atoms with van der Waals surface area (Å²) in [4.78, 5) is 0. The van der Waals surface area contributed by atoms with Crippen LogP contribution in [0.15, 0.2) is 42.5 Å². The molecule has 0 spiro atoms. The molecule has 0 aliphatic heterocycles. The second-order valence-corrected chi connectivity index (χ2v) is 4.71. The molecule has 6 nitrogen and oxygen atoms in total. The summed E-state index contributed by atoms with van der Waals surface area (Å²) in [5, 5.41) is 11.9. The molecular weight excluding hydrogens is 266 g/mol. The summed E-state index contributed by atoms with van der Waals surface area (Å²) >= 11 is 0. The molecule has 0 unspecified atom stereocenters. The van der Waals surface area contributed by atoms with E-state index in [1.165, 1.54) is 0 Å². The number of rotatable bonds is 3. The molecule has 1 aromatic heterocycles. The van der Waals surface area contributed by atoms with Crippen molar-refractivity contribution in [3.05, 3.63) is 48.0 Å². The quantitative estimate of drug-likeness (QED) is 0.745. The van der Waals surface area contributed by atoms with Gasteiger partial charge in [0.15, 0.2) is 5.82 Å². The van der Waals surface area contributed by atoms with Gasteiger partial charge in [0.05, 0.1) is 12.8 Å². The van der Waals surface area contributed by atoms with Crippen molar-refractivity contribution in [1.29, 1.82) is 0 Å². The van der Waals surface area contributed by atoms with Crippen LogP contribution in [-0.2, 0) is 0 Å². The monoisotopic (exact) mass is 281 g/mol. The summed E-state index contributed by atoms with van der Waals surface area (Å²) in [5.74, 6) is 1.34. The Hall–Kier alpha value is -2.89. The Balaban J connectivity index is 2.14. The molecule has 0 atom stereocenters. The summed E-state index contributed by atoms with van der Waals surface area (Å²) in [6.07, 6.45) is 0. The van der Waals surface area contributed by atoms with E-state index in [1.54, 1.807) is 11.8 Å². The zero-order chi connectivity index (χ0) is 14.8. The molecule has 6 heteroatoms. The van der Waals surface area contributed by atoms with Gasteiger partial charge in [-0.05, 0) is 41.6 Å². The topological polar surface area (TPSA) is 78.8 Å². The SMILES string of the molecule is COc1cccc(-n2nnnc2-c2cc(C)ccc2N)c1. The highest BCUT2D eigenvalue weighted by atomic mass is 16.5. The Labute approximate surface area is 122 Å². The minimum atomic E-state index is 0.601. The second kappa shape index (κ2) is 5.24. The maximum absolute atomic E-state index is 6.05. The third kappa shape index (κ3) is 2.43. The van der Waals surface area contributed by atoms with Crippen LogP contribution >= 0.6 is 0 Å². The van der Waals surface area contributed by atoms with E-state index in [-0.39, 0.29) is 0 Å². The fourth-order valence-electron chi connectivity index (χ4n) is 2.13. The van der Waals surface area contributed by atoms with Gasteiger partial charge in [0, 0.05) is 17.3 Å². The van der Waals surface area contributed by atoms with Crippen LogP contribution in [0.5, 0.6) is 5.75 Å². The van der Waals surface area contributed by atoms with E-state index in [4.69, 9.17) is 10.5 Å². The summed E-state index contributed by atoms with van der Waals surface area (Å²) < 4.78 is 6.88. The first-order valence-electron chi connectivity index (χ1n) is 6.48. The molecule has 2 aromatic carbocycles. The number of nitrogens with zero attached hydrogens (tertiary/aromatic N) is 4. The number of hydrogen-bond acceptors (Lipinski definition) is 5. The number of tetrazole rings is 1. The number of hydrogen-bond donors (Lipinski definition) is 1. The predicted octanol–water partition coefficient (Wildman–Crippen LogP) is 2.23. The van der Waals surface area contributed by atoms with E-state index >= 15 is 0 Å². The lowest BCUT2D eigenvalue weighted by Gasteiger charge is -2.09. The third-order valence-corrected chi connectivity index (χ3v) is 3.22. The lowest BCUT2D eigenvalue weighted by Crippen LogP contribution is -2.02. The zero-order valence-electron chi connectivity index (χ0n) is 11.8. The lowest BCUT2D eigenvalue weighted by molar-refractivity contribution is 0.414. The van der Waals surface area contributed by atoms with E-state index in [0.29, 0.717) is 11.5 Å². The standard InChI is InChI=1S/C15H15N5O/c1-10-6-7-14(16)13(8-10)15-17-18-19-20(15)11-4-3-5-12(9-11)21-2/h3-9H,16H2,1-2H3. The molecule has 0 bridgehead atoms. The van der Waals surface area contributed by atoms with Gasteiger partial charge in [0.1, 0.15) is 5.75 Å². The van der Waals surface area contributed by atoms with Crippen LogP contribution in [0.1, 0.15) is 5.56 Å². The van der Waals surface area contributed by atoms with Gasteiger partial charge in [0.25, 0.3) is 0 Å². The van der Waals surface area contributed by atoms with Crippen molar-refractivity contribution in [3.63, 3.8) is 0 Å². The molecule has 0 radical (unpaired) electrons. The van der Waals surface area contributed by atoms with Crippen molar-refractivity contribution in [1.82, 2.24) is 20.2 Å². The number of aryl methyl sites for hydroxylation is 1. The van der Waals surface area contributed by atoms with Crippen LogP contribution in [-0.4, -0.2) is 27.3 Å². The summed E-state index contributed by atoms with van der Waals surface area (Å²) in [6.45, 7) is 2.00. The van der Waals surface area contributed by atoms with Gasteiger partial charge in [-0.1, -0.05) is 17.7 Å². The molecule has 3 aromatic rings. The van der Waals surface area contributed by atoms with Crippen molar-refractivity contribution < 1.29 is 4.74 Å². The third-order valence-electron chi connectivity index (χ3n) is 3.22. The molecule has 106 valence electrons. The number of aromatic nitrogens is 4. The minimum absolute atomic E-state index is 0.601. The number of methoxy groups -OCH3 is 1. The lowest BCUT2D eigenvalue weighted by atomic mass is 10.1. The largest absolute Gasteiger partial charge is 0.497 e. The summed E-state index contributed by atoms with van der Waals surface area (Å²) in [5.41, 5.74) is 9.41. The van der Waals surface area contributed by atoms with Crippen LogP contribution in [0.2, 0.25) is 0 Å². The molecule has 0 saturated heterocycles. The maximum atomic E-state index is 6.05. The summed E-state index contributed by atoms with van der Waals surface area (Å²) in [6, 6.07) is 13.3. The molecule has 1 heterocycles. The molecule has 2 N–H and O–H groups in total. The van der Waals surface area contributed by atoms with Gasteiger partial charge < -0.3 is 10.5 Å². The van der Waals surface area contributed by atoms with Crippen molar-refractivity contribution in [2.75, 3.05) is 12.8 Å². The van der Waals surface area contributed by atoms with Crippen molar-refractivity contribution in [3.8, 4) is 22.8 Å². The van der Waals surface area contributed by atoms with Crippen molar-refractivity contribution in [2.45, 2.75) is 6.92 Å². The Morgan fingerprint density at radius 3 is 2.81 bits per heavy atom. The molecule has 0 amide bonds. The second-order valence-electron chi connectivity index (χ2n) is 4.71. The number of anilines is 1. The van der Waals surface area contributed by atoms with Crippen LogP contribution in [0.4, 0.5) is 5.69 Å². The van der Waals surface area contributed by atoms with Gasteiger partial charge in [-0.3, -0.25) is 0 Å². The van der Waals surface area contributed by atoms with Gasteiger partial charge in [-0.2, -0.15) is 4.68 Å². The van der Waals surface area contributed by atoms with Gasteiger partial charge >= 0.3 is 0 Å². The maximum Gasteiger partial charge on any atom is 0.189 e. The van der Waals surface area contributed by atoms with Crippen LogP contribution in [0.25, 0.3) is 17.1 Å². The normalized spacial score (nSPS) is 10.6. The van der Waals surface area contributed by atoms with Gasteiger partial charge in [-0.25, -0.2) is 0 Å². The minimum Gasteiger partial charge on any atom is -0.497 e. The van der Waals surface area contributed by atoms with E-state index in [1.807, 2.05) is 49.4 Å². The first-order valence-corrected chi connectivity index (χ1v) is 6.48. The Morgan fingerprint density at radius 2 is 2.00 bits per heavy atom. The first-order chi connectivity index (χ1) is 10.2.